The van der Waals surface area contributed by atoms with Crippen molar-refractivity contribution in [2.24, 2.45) is 5.92 Å². The van der Waals surface area contributed by atoms with Gasteiger partial charge in [0.2, 0.25) is 0 Å². The van der Waals surface area contributed by atoms with Crippen molar-refractivity contribution in [2.45, 2.75) is 19.4 Å². The molecule has 0 aromatic carbocycles. The van der Waals surface area contributed by atoms with Crippen LogP contribution in [-0.4, -0.2) is 36.7 Å². The second-order valence-corrected chi connectivity index (χ2v) is 5.61. The molecule has 0 unspecified atom stereocenters. The molecule has 2 heterocycles. The normalized spacial score (nSPS) is 17.3. The smallest absolute Gasteiger partial charge is 0.129 e. The molecule has 1 fully saturated rings. The molecule has 5 heteroatoms. The Morgan fingerprint density at radius 3 is 2.78 bits per heavy atom. The van der Waals surface area contributed by atoms with E-state index >= 15 is 0 Å². The molecule has 0 spiro atoms. The van der Waals surface area contributed by atoms with Crippen molar-refractivity contribution in [1.29, 1.82) is 0 Å². The maximum atomic E-state index is 6.12. The van der Waals surface area contributed by atoms with Crippen LogP contribution in [0.2, 0.25) is 10.2 Å². The Morgan fingerprint density at radius 1 is 1.33 bits per heavy atom. The minimum absolute atomic E-state index is 0.494. The molecule has 1 aromatic heterocycles. The topological polar surface area (TPSA) is 25.4 Å². The third kappa shape index (κ3) is 4.09. The summed E-state index contributed by atoms with van der Waals surface area (Å²) in [6, 6.07) is 3.51. The third-order valence-corrected chi connectivity index (χ3v) is 3.77. The zero-order valence-electron chi connectivity index (χ0n) is 10.5. The first-order chi connectivity index (χ1) is 8.65. The van der Waals surface area contributed by atoms with Crippen LogP contribution in [-0.2, 0) is 11.3 Å². The molecule has 1 aliphatic rings. The Morgan fingerprint density at radius 2 is 2.06 bits per heavy atom. The summed E-state index contributed by atoms with van der Waals surface area (Å²) in [5, 5.41) is 1.17. The molecule has 1 saturated heterocycles. The molecular formula is C13H18Cl2N2O. The number of pyridine rings is 1. The molecule has 2 rings (SSSR count). The van der Waals surface area contributed by atoms with Crippen molar-refractivity contribution in [1.82, 2.24) is 9.88 Å². The van der Waals surface area contributed by atoms with E-state index in [1.807, 2.05) is 0 Å². The highest BCUT2D eigenvalue weighted by Gasteiger charge is 2.16. The van der Waals surface area contributed by atoms with Gasteiger partial charge in [-0.1, -0.05) is 23.2 Å². The molecule has 0 saturated carbocycles. The average Bonchev–Trinajstić information content (AvgIpc) is 2.35. The summed E-state index contributed by atoms with van der Waals surface area (Å²) in [4.78, 5) is 6.52. The minimum Gasteiger partial charge on any atom is -0.381 e. The lowest BCUT2D eigenvalue weighted by Gasteiger charge is -2.27. The number of halogens is 2. The van der Waals surface area contributed by atoms with E-state index < -0.39 is 0 Å². The van der Waals surface area contributed by atoms with Crippen molar-refractivity contribution in [3.05, 3.63) is 28.0 Å². The number of ether oxygens (including phenoxy) is 1. The van der Waals surface area contributed by atoms with Gasteiger partial charge in [0.05, 0.1) is 10.7 Å². The van der Waals surface area contributed by atoms with Gasteiger partial charge in [0.15, 0.2) is 0 Å². The molecule has 0 N–H and O–H groups in total. The monoisotopic (exact) mass is 288 g/mol. The Hall–Kier alpha value is -0.350. The summed E-state index contributed by atoms with van der Waals surface area (Å²) < 4.78 is 5.36. The molecule has 18 heavy (non-hydrogen) atoms. The fourth-order valence-corrected chi connectivity index (χ4v) is 2.59. The molecule has 0 atom stereocenters. The second-order valence-electron chi connectivity index (χ2n) is 4.81. The molecule has 0 bridgehead atoms. The van der Waals surface area contributed by atoms with Gasteiger partial charge >= 0.3 is 0 Å². The van der Waals surface area contributed by atoms with Gasteiger partial charge in [-0.3, -0.25) is 0 Å². The zero-order chi connectivity index (χ0) is 13.0. The van der Waals surface area contributed by atoms with Crippen LogP contribution in [0.5, 0.6) is 0 Å². The fourth-order valence-electron chi connectivity index (χ4n) is 2.26. The van der Waals surface area contributed by atoms with E-state index in [0.29, 0.717) is 16.1 Å². The van der Waals surface area contributed by atoms with Crippen molar-refractivity contribution < 1.29 is 4.74 Å². The first-order valence-electron chi connectivity index (χ1n) is 6.22. The Labute approximate surface area is 118 Å². The van der Waals surface area contributed by atoms with Crippen LogP contribution in [0.3, 0.4) is 0 Å². The van der Waals surface area contributed by atoms with Gasteiger partial charge in [0, 0.05) is 26.3 Å². The van der Waals surface area contributed by atoms with Crippen LogP contribution in [0.4, 0.5) is 0 Å². The molecule has 1 aromatic rings. The third-order valence-electron chi connectivity index (χ3n) is 3.22. The van der Waals surface area contributed by atoms with Crippen molar-refractivity contribution in [3.63, 3.8) is 0 Å². The Bertz CT molecular complexity index is 395. The summed E-state index contributed by atoms with van der Waals surface area (Å²) in [7, 11) is 2.09. The van der Waals surface area contributed by atoms with Gasteiger partial charge in [-0.05, 0) is 37.9 Å². The first-order valence-corrected chi connectivity index (χ1v) is 6.98. The molecule has 0 radical (unpaired) electrons. The summed E-state index contributed by atoms with van der Waals surface area (Å²) in [6.45, 7) is 3.55. The van der Waals surface area contributed by atoms with E-state index in [0.717, 1.165) is 44.8 Å². The Kier molecular flexibility index (Phi) is 5.25. The van der Waals surface area contributed by atoms with E-state index in [1.54, 1.807) is 12.1 Å². The predicted octanol–water partition coefficient (Wildman–Crippen LogP) is 3.25. The predicted molar refractivity (Wildman–Crippen MR) is 74.1 cm³/mol. The number of nitrogens with zero attached hydrogens (tertiary/aromatic N) is 2. The minimum atomic E-state index is 0.494. The zero-order valence-corrected chi connectivity index (χ0v) is 12.0. The van der Waals surface area contributed by atoms with E-state index in [2.05, 4.69) is 16.9 Å². The molecule has 0 aliphatic carbocycles. The highest BCUT2D eigenvalue weighted by Crippen LogP contribution is 2.20. The van der Waals surface area contributed by atoms with E-state index in [-0.39, 0.29) is 0 Å². The summed E-state index contributed by atoms with van der Waals surface area (Å²) in [5.41, 5.74) is 0.846. The van der Waals surface area contributed by atoms with Gasteiger partial charge in [0.25, 0.3) is 0 Å². The van der Waals surface area contributed by atoms with Crippen LogP contribution < -0.4 is 0 Å². The Balaban J connectivity index is 1.89. The molecule has 0 amide bonds. The van der Waals surface area contributed by atoms with Crippen LogP contribution >= 0.6 is 23.2 Å². The second kappa shape index (κ2) is 6.71. The SMILES string of the molecule is CN(Cc1nc(Cl)ccc1Cl)CC1CCOCC1. The van der Waals surface area contributed by atoms with Gasteiger partial charge in [-0.2, -0.15) is 0 Å². The number of rotatable bonds is 4. The first kappa shape index (κ1) is 14.1. The summed E-state index contributed by atoms with van der Waals surface area (Å²) >= 11 is 12.0. The van der Waals surface area contributed by atoms with Gasteiger partial charge in [0.1, 0.15) is 5.15 Å². The molecule has 3 nitrogen and oxygen atoms in total. The fraction of sp³-hybridized carbons (Fsp3) is 0.615. The lowest BCUT2D eigenvalue weighted by atomic mass is 10.00. The van der Waals surface area contributed by atoms with Crippen LogP contribution in [0.15, 0.2) is 12.1 Å². The van der Waals surface area contributed by atoms with Crippen molar-refractivity contribution in [3.8, 4) is 0 Å². The molecule has 1 aliphatic heterocycles. The van der Waals surface area contributed by atoms with Crippen molar-refractivity contribution in [2.75, 3.05) is 26.8 Å². The van der Waals surface area contributed by atoms with Crippen LogP contribution in [0.1, 0.15) is 18.5 Å². The van der Waals surface area contributed by atoms with Gasteiger partial charge in [-0.15, -0.1) is 0 Å². The number of hydrogen-bond donors (Lipinski definition) is 0. The van der Waals surface area contributed by atoms with Gasteiger partial charge < -0.3 is 9.64 Å². The maximum Gasteiger partial charge on any atom is 0.129 e. The van der Waals surface area contributed by atoms with E-state index in [4.69, 9.17) is 27.9 Å². The van der Waals surface area contributed by atoms with Crippen LogP contribution in [0.25, 0.3) is 0 Å². The largest absolute Gasteiger partial charge is 0.381 e. The lowest BCUT2D eigenvalue weighted by molar-refractivity contribution is 0.0548. The average molecular weight is 289 g/mol. The lowest BCUT2D eigenvalue weighted by Crippen LogP contribution is -2.29. The van der Waals surface area contributed by atoms with E-state index in [9.17, 15) is 0 Å². The number of hydrogen-bond acceptors (Lipinski definition) is 3. The summed E-state index contributed by atoms with van der Waals surface area (Å²) in [5.74, 6) is 0.710. The highest BCUT2D eigenvalue weighted by molar-refractivity contribution is 6.32. The quantitative estimate of drug-likeness (QED) is 0.796. The molecule has 100 valence electrons. The van der Waals surface area contributed by atoms with Gasteiger partial charge in [-0.25, -0.2) is 4.98 Å². The van der Waals surface area contributed by atoms with E-state index in [1.165, 1.54) is 0 Å². The standard InChI is InChI=1S/C13H18Cl2N2O/c1-17(8-10-4-6-18-7-5-10)9-12-11(14)2-3-13(15)16-12/h2-3,10H,4-9H2,1H3. The van der Waals surface area contributed by atoms with Crippen LogP contribution in [0, 0.1) is 5.92 Å². The summed E-state index contributed by atoms with van der Waals surface area (Å²) in [6.07, 6.45) is 2.28. The molecular weight excluding hydrogens is 271 g/mol. The maximum absolute atomic E-state index is 6.12. The van der Waals surface area contributed by atoms with Crippen molar-refractivity contribution >= 4 is 23.2 Å². The number of aromatic nitrogens is 1. The highest BCUT2D eigenvalue weighted by atomic mass is 35.5.